The number of nitrogens with zero attached hydrogens (tertiary/aromatic N) is 1. The molecule has 0 aromatic heterocycles. The maximum absolute atomic E-state index is 12.7. The lowest BCUT2D eigenvalue weighted by molar-refractivity contribution is -0.122. The van der Waals surface area contributed by atoms with E-state index in [9.17, 15) is 4.79 Å². The quantitative estimate of drug-likeness (QED) is 0.354. The molecule has 4 rings (SSSR count). The van der Waals surface area contributed by atoms with Crippen molar-refractivity contribution < 1.29 is 19.0 Å². The molecule has 1 heterocycles. The van der Waals surface area contributed by atoms with E-state index in [1.807, 2.05) is 30.3 Å². The molecule has 0 atom stereocenters. The molecule has 6 nitrogen and oxygen atoms in total. The molecule has 1 aliphatic carbocycles. The monoisotopic (exact) mass is 452 g/mol. The van der Waals surface area contributed by atoms with Gasteiger partial charge in [0.15, 0.2) is 5.11 Å². The summed E-state index contributed by atoms with van der Waals surface area (Å²) in [6, 6.07) is 12.1. The van der Waals surface area contributed by atoms with Crippen LogP contribution in [0.2, 0.25) is 0 Å². The van der Waals surface area contributed by atoms with Crippen LogP contribution in [0.5, 0.6) is 11.5 Å². The van der Waals surface area contributed by atoms with Gasteiger partial charge in [-0.25, -0.2) is 0 Å². The highest BCUT2D eigenvalue weighted by Crippen LogP contribution is 2.28. The third-order valence-corrected chi connectivity index (χ3v) is 6.09. The molecule has 168 valence electrons. The first-order valence-electron chi connectivity index (χ1n) is 10.8. The molecule has 0 saturated carbocycles. The molecule has 2 aromatic rings. The van der Waals surface area contributed by atoms with E-state index in [-0.39, 0.29) is 5.91 Å². The third kappa shape index (κ3) is 4.95. The summed E-state index contributed by atoms with van der Waals surface area (Å²) in [6.45, 7) is 1.48. The average Bonchev–Trinajstić information content (AvgIpc) is 3.37. The van der Waals surface area contributed by atoms with Crippen molar-refractivity contribution in [3.8, 4) is 11.5 Å². The topological polar surface area (TPSA) is 60.0 Å². The normalized spacial score (nSPS) is 16.4. The standard InChI is InChI=1S/C25H28N2O4S/c1-29-12-4-11-27-24(28)22(26-25(27)32)14-17-7-10-23(30-2)20(13-17)16-31-21-9-8-18-5-3-6-19(18)15-21/h7-10,13-15H,3-6,11-12,16H2,1-2H3,(H,26,32)/b22-14+. The number of hydrogen-bond donors (Lipinski definition) is 1. The van der Waals surface area contributed by atoms with Gasteiger partial charge in [-0.3, -0.25) is 9.69 Å². The molecule has 2 aromatic carbocycles. The van der Waals surface area contributed by atoms with Gasteiger partial charge in [0.1, 0.15) is 23.8 Å². The number of nitrogens with one attached hydrogen (secondary N) is 1. The number of fused-ring (bicyclic) bond motifs is 1. The minimum absolute atomic E-state index is 0.127. The lowest BCUT2D eigenvalue weighted by Crippen LogP contribution is -2.32. The molecule has 2 aliphatic rings. The van der Waals surface area contributed by atoms with Gasteiger partial charge in [-0.05, 0) is 84.9 Å². The second-order valence-corrected chi connectivity index (χ2v) is 8.32. The number of hydrogen-bond acceptors (Lipinski definition) is 5. The second-order valence-electron chi connectivity index (χ2n) is 7.94. The Balaban J connectivity index is 1.48. The van der Waals surface area contributed by atoms with Crippen molar-refractivity contribution in [2.45, 2.75) is 32.3 Å². The minimum Gasteiger partial charge on any atom is -0.496 e. The van der Waals surface area contributed by atoms with Crippen LogP contribution in [0.15, 0.2) is 42.1 Å². The van der Waals surface area contributed by atoms with Crippen molar-refractivity contribution in [1.29, 1.82) is 0 Å². The molecular formula is C25H28N2O4S. The first kappa shape index (κ1) is 22.3. The molecule has 1 N–H and O–H groups in total. The summed E-state index contributed by atoms with van der Waals surface area (Å²) < 4.78 is 16.7. The van der Waals surface area contributed by atoms with Crippen LogP contribution < -0.4 is 14.8 Å². The van der Waals surface area contributed by atoms with Crippen LogP contribution in [0.4, 0.5) is 0 Å². The van der Waals surface area contributed by atoms with Crippen molar-refractivity contribution in [1.82, 2.24) is 10.2 Å². The maximum Gasteiger partial charge on any atom is 0.276 e. The number of carbonyl (C=O) groups excluding carboxylic acids is 1. The van der Waals surface area contributed by atoms with E-state index in [1.165, 1.54) is 17.5 Å². The largest absolute Gasteiger partial charge is 0.496 e. The molecule has 1 saturated heterocycles. The zero-order chi connectivity index (χ0) is 22.5. The van der Waals surface area contributed by atoms with Gasteiger partial charge < -0.3 is 19.5 Å². The number of rotatable bonds is 9. The lowest BCUT2D eigenvalue weighted by Gasteiger charge is -2.13. The number of ether oxygens (including phenoxy) is 3. The van der Waals surface area contributed by atoms with Gasteiger partial charge >= 0.3 is 0 Å². The van der Waals surface area contributed by atoms with Gasteiger partial charge in [-0.2, -0.15) is 0 Å². The molecule has 1 amide bonds. The van der Waals surface area contributed by atoms with E-state index in [0.717, 1.165) is 41.9 Å². The molecular weight excluding hydrogens is 424 g/mol. The molecule has 0 unspecified atom stereocenters. The van der Waals surface area contributed by atoms with Gasteiger partial charge in [-0.1, -0.05) is 12.1 Å². The Morgan fingerprint density at radius 1 is 1.12 bits per heavy atom. The van der Waals surface area contributed by atoms with Crippen LogP contribution in [-0.4, -0.2) is 43.3 Å². The number of thiocarbonyl (C=S) groups is 1. The van der Waals surface area contributed by atoms with Crippen LogP contribution in [0, 0.1) is 0 Å². The van der Waals surface area contributed by atoms with Crippen LogP contribution in [0.1, 0.15) is 35.1 Å². The Kier molecular flexibility index (Phi) is 7.07. The Hall–Kier alpha value is -2.90. The SMILES string of the molecule is COCCCN1C(=O)/C(=C\c2ccc(OC)c(COc3ccc4c(c3)CCC4)c2)NC1=S. The fourth-order valence-corrected chi connectivity index (χ4v) is 4.39. The Morgan fingerprint density at radius 3 is 2.78 bits per heavy atom. The molecule has 1 fully saturated rings. The van der Waals surface area contributed by atoms with E-state index in [0.29, 0.717) is 30.6 Å². The highest BCUT2D eigenvalue weighted by Gasteiger charge is 2.30. The number of amides is 1. The van der Waals surface area contributed by atoms with Crippen LogP contribution in [0.25, 0.3) is 6.08 Å². The van der Waals surface area contributed by atoms with Gasteiger partial charge in [0.05, 0.1) is 7.11 Å². The number of methoxy groups -OCH3 is 2. The van der Waals surface area contributed by atoms with E-state index in [2.05, 4.69) is 17.4 Å². The zero-order valence-corrected chi connectivity index (χ0v) is 19.3. The molecule has 1 aliphatic heterocycles. The molecule has 0 bridgehead atoms. The summed E-state index contributed by atoms with van der Waals surface area (Å²) in [5, 5.41) is 3.45. The van der Waals surface area contributed by atoms with Crippen molar-refractivity contribution >= 4 is 29.3 Å². The van der Waals surface area contributed by atoms with Gasteiger partial charge in [0.25, 0.3) is 5.91 Å². The van der Waals surface area contributed by atoms with E-state index < -0.39 is 0 Å². The number of aryl methyl sites for hydroxylation is 2. The van der Waals surface area contributed by atoms with Gasteiger partial charge in [-0.15, -0.1) is 0 Å². The molecule has 32 heavy (non-hydrogen) atoms. The van der Waals surface area contributed by atoms with Crippen molar-refractivity contribution in [2.75, 3.05) is 27.4 Å². The summed E-state index contributed by atoms with van der Waals surface area (Å²) in [5.41, 5.74) is 5.04. The Bertz CT molecular complexity index is 1050. The summed E-state index contributed by atoms with van der Waals surface area (Å²) in [5.74, 6) is 1.48. The van der Waals surface area contributed by atoms with Crippen LogP contribution in [-0.2, 0) is 29.0 Å². The number of carbonyl (C=O) groups is 1. The van der Waals surface area contributed by atoms with E-state index >= 15 is 0 Å². The van der Waals surface area contributed by atoms with Crippen molar-refractivity contribution in [2.24, 2.45) is 0 Å². The lowest BCUT2D eigenvalue weighted by atomic mass is 10.1. The van der Waals surface area contributed by atoms with Crippen molar-refractivity contribution in [3.05, 3.63) is 64.3 Å². The number of benzene rings is 2. The van der Waals surface area contributed by atoms with Gasteiger partial charge in [0.2, 0.25) is 0 Å². The summed E-state index contributed by atoms with van der Waals surface area (Å²) >= 11 is 5.33. The predicted octanol–water partition coefficient (Wildman–Crippen LogP) is 3.86. The maximum atomic E-state index is 12.7. The summed E-state index contributed by atoms with van der Waals surface area (Å²) in [7, 11) is 3.29. The summed E-state index contributed by atoms with van der Waals surface area (Å²) in [6.07, 6.45) is 6.01. The molecule has 0 radical (unpaired) electrons. The van der Waals surface area contributed by atoms with Gasteiger partial charge in [0, 0.05) is 25.8 Å². The predicted molar refractivity (Wildman–Crippen MR) is 128 cm³/mol. The fourth-order valence-electron chi connectivity index (χ4n) is 4.11. The first-order chi connectivity index (χ1) is 15.6. The minimum atomic E-state index is -0.127. The fraction of sp³-hybridized carbons (Fsp3) is 0.360. The Morgan fingerprint density at radius 2 is 1.97 bits per heavy atom. The molecule has 0 spiro atoms. The second kappa shape index (κ2) is 10.1. The van der Waals surface area contributed by atoms with E-state index in [1.54, 1.807) is 19.1 Å². The zero-order valence-electron chi connectivity index (χ0n) is 18.5. The van der Waals surface area contributed by atoms with Crippen molar-refractivity contribution in [3.63, 3.8) is 0 Å². The van der Waals surface area contributed by atoms with E-state index in [4.69, 9.17) is 26.4 Å². The smallest absolute Gasteiger partial charge is 0.276 e. The van der Waals surface area contributed by atoms with Crippen LogP contribution in [0.3, 0.4) is 0 Å². The molecule has 7 heteroatoms. The average molecular weight is 453 g/mol. The first-order valence-corrected chi connectivity index (χ1v) is 11.2. The summed E-state index contributed by atoms with van der Waals surface area (Å²) in [4.78, 5) is 14.3. The Labute approximate surface area is 194 Å². The highest BCUT2D eigenvalue weighted by molar-refractivity contribution is 7.80. The highest BCUT2D eigenvalue weighted by atomic mass is 32.1. The third-order valence-electron chi connectivity index (χ3n) is 5.77. The van der Waals surface area contributed by atoms with Crippen LogP contribution >= 0.6 is 12.2 Å².